The van der Waals surface area contributed by atoms with Crippen LogP contribution >= 0.6 is 11.8 Å². The lowest BCUT2D eigenvalue weighted by molar-refractivity contribution is 0.0948. The maximum absolute atomic E-state index is 13.2. The van der Waals surface area contributed by atoms with Gasteiger partial charge in [-0.3, -0.25) is 4.79 Å². The summed E-state index contributed by atoms with van der Waals surface area (Å²) in [7, 11) is 3.25. The molecule has 0 aliphatic carbocycles. The fourth-order valence-corrected chi connectivity index (χ4v) is 4.68. The first-order valence-electron chi connectivity index (χ1n) is 11.4. The molecule has 1 N–H and O–H groups in total. The average Bonchev–Trinajstić information content (AvgIpc) is 3.31. The summed E-state index contributed by atoms with van der Waals surface area (Å²) in [5.41, 5.74) is 4.49. The summed E-state index contributed by atoms with van der Waals surface area (Å²) in [6, 6.07) is 17.1. The highest BCUT2D eigenvalue weighted by Gasteiger charge is 2.21. The standard InChI is InChI=1S/C26H28N6O3S/c1-17-15-18(2)29-26(28-17)36-16-22-24(30-31-32(22)20-9-11-21(34-3)12-10-20)25(33)27-14-13-19-7-5-6-8-23(19)35-4/h5-12,15H,13-14,16H2,1-4H3,(H,27,33). The van der Waals surface area contributed by atoms with Crippen molar-refractivity contribution in [3.8, 4) is 17.2 Å². The lowest BCUT2D eigenvalue weighted by Crippen LogP contribution is -2.27. The van der Waals surface area contributed by atoms with E-state index in [9.17, 15) is 4.79 Å². The number of hydrogen-bond acceptors (Lipinski definition) is 8. The smallest absolute Gasteiger partial charge is 0.273 e. The lowest BCUT2D eigenvalue weighted by atomic mass is 10.1. The van der Waals surface area contributed by atoms with Gasteiger partial charge in [0.05, 0.1) is 25.6 Å². The summed E-state index contributed by atoms with van der Waals surface area (Å²) >= 11 is 1.44. The van der Waals surface area contributed by atoms with Crippen LogP contribution in [0.3, 0.4) is 0 Å². The predicted molar refractivity (Wildman–Crippen MR) is 138 cm³/mol. The molecule has 36 heavy (non-hydrogen) atoms. The Morgan fingerprint density at radius 2 is 1.72 bits per heavy atom. The van der Waals surface area contributed by atoms with Crippen molar-refractivity contribution in [3.05, 3.63) is 82.9 Å². The molecule has 10 heteroatoms. The topological polar surface area (TPSA) is 104 Å². The van der Waals surface area contributed by atoms with Gasteiger partial charge in [-0.15, -0.1) is 5.10 Å². The molecule has 186 valence electrons. The third-order valence-electron chi connectivity index (χ3n) is 5.47. The maximum atomic E-state index is 13.2. The van der Waals surface area contributed by atoms with Crippen LogP contribution in [0.4, 0.5) is 0 Å². The number of aromatic nitrogens is 5. The van der Waals surface area contributed by atoms with Gasteiger partial charge in [-0.05, 0) is 62.2 Å². The molecule has 0 bridgehead atoms. The van der Waals surface area contributed by atoms with E-state index < -0.39 is 0 Å². The monoisotopic (exact) mass is 504 g/mol. The first kappa shape index (κ1) is 25.2. The largest absolute Gasteiger partial charge is 0.497 e. The zero-order valence-electron chi connectivity index (χ0n) is 20.7. The molecule has 0 aliphatic rings. The van der Waals surface area contributed by atoms with Crippen LogP contribution in [0.5, 0.6) is 11.5 Å². The van der Waals surface area contributed by atoms with Gasteiger partial charge in [0.25, 0.3) is 5.91 Å². The Kier molecular flexibility index (Phi) is 8.17. The fourth-order valence-electron chi connectivity index (χ4n) is 3.73. The van der Waals surface area contributed by atoms with Gasteiger partial charge in [-0.1, -0.05) is 35.2 Å². The Balaban J connectivity index is 1.56. The summed E-state index contributed by atoms with van der Waals surface area (Å²) in [6.07, 6.45) is 0.628. The first-order chi connectivity index (χ1) is 17.5. The molecule has 0 aliphatic heterocycles. The van der Waals surface area contributed by atoms with Crippen molar-refractivity contribution < 1.29 is 14.3 Å². The summed E-state index contributed by atoms with van der Waals surface area (Å²) in [5.74, 6) is 1.65. The molecular formula is C26H28N6O3S. The zero-order chi connectivity index (χ0) is 25.5. The molecule has 0 unspecified atom stereocenters. The molecule has 0 atom stereocenters. The number of carbonyl (C=O) groups is 1. The number of ether oxygens (including phenoxy) is 2. The second-order valence-electron chi connectivity index (χ2n) is 8.03. The highest BCUT2D eigenvalue weighted by molar-refractivity contribution is 7.98. The average molecular weight is 505 g/mol. The van der Waals surface area contributed by atoms with Crippen LogP contribution in [0.2, 0.25) is 0 Å². The number of amides is 1. The lowest BCUT2D eigenvalue weighted by Gasteiger charge is -2.10. The second-order valence-corrected chi connectivity index (χ2v) is 8.98. The Labute approximate surface area is 214 Å². The predicted octanol–water partition coefficient (Wildman–Crippen LogP) is 3.96. The molecule has 1 amide bonds. The van der Waals surface area contributed by atoms with Crippen molar-refractivity contribution in [2.24, 2.45) is 0 Å². The number of methoxy groups -OCH3 is 2. The van der Waals surface area contributed by atoms with E-state index in [1.165, 1.54) is 11.8 Å². The number of benzene rings is 2. The van der Waals surface area contributed by atoms with Crippen molar-refractivity contribution in [3.63, 3.8) is 0 Å². The zero-order valence-corrected chi connectivity index (χ0v) is 21.5. The third kappa shape index (κ3) is 6.01. The van der Waals surface area contributed by atoms with E-state index >= 15 is 0 Å². The van der Waals surface area contributed by atoms with Gasteiger partial charge in [0.2, 0.25) is 0 Å². The third-order valence-corrected chi connectivity index (χ3v) is 6.33. The number of para-hydroxylation sites is 1. The van der Waals surface area contributed by atoms with Crippen molar-refractivity contribution in [2.45, 2.75) is 31.2 Å². The molecule has 0 saturated heterocycles. The molecule has 2 heterocycles. The van der Waals surface area contributed by atoms with E-state index in [4.69, 9.17) is 9.47 Å². The number of carbonyl (C=O) groups excluding carboxylic acids is 1. The van der Waals surface area contributed by atoms with E-state index in [0.717, 1.165) is 34.1 Å². The van der Waals surface area contributed by atoms with Crippen LogP contribution < -0.4 is 14.8 Å². The SMILES string of the molecule is COc1ccc(-n2nnc(C(=O)NCCc3ccccc3OC)c2CSc2nc(C)cc(C)n2)cc1. The number of nitrogens with zero attached hydrogens (tertiary/aromatic N) is 5. The van der Waals surface area contributed by atoms with Crippen LogP contribution in [0.1, 0.15) is 33.1 Å². The van der Waals surface area contributed by atoms with E-state index in [1.54, 1.807) is 18.9 Å². The number of thioether (sulfide) groups is 1. The summed E-state index contributed by atoms with van der Waals surface area (Å²) in [6.45, 7) is 4.30. The normalized spacial score (nSPS) is 10.8. The van der Waals surface area contributed by atoms with Crippen molar-refractivity contribution in [1.82, 2.24) is 30.3 Å². The highest BCUT2D eigenvalue weighted by Crippen LogP contribution is 2.25. The minimum atomic E-state index is -0.290. The van der Waals surface area contributed by atoms with Crippen molar-refractivity contribution in [2.75, 3.05) is 20.8 Å². The molecule has 2 aromatic carbocycles. The van der Waals surface area contributed by atoms with Crippen molar-refractivity contribution >= 4 is 17.7 Å². The van der Waals surface area contributed by atoms with E-state index in [2.05, 4.69) is 25.6 Å². The van der Waals surface area contributed by atoms with Crippen molar-refractivity contribution in [1.29, 1.82) is 0 Å². The van der Waals surface area contributed by atoms with Gasteiger partial charge in [0.1, 0.15) is 11.5 Å². The minimum Gasteiger partial charge on any atom is -0.497 e. The minimum absolute atomic E-state index is 0.266. The summed E-state index contributed by atoms with van der Waals surface area (Å²) < 4.78 is 12.3. The maximum Gasteiger partial charge on any atom is 0.273 e. The van der Waals surface area contributed by atoms with E-state index in [1.807, 2.05) is 68.4 Å². The van der Waals surface area contributed by atoms with E-state index in [-0.39, 0.29) is 11.6 Å². The Morgan fingerprint density at radius 3 is 2.42 bits per heavy atom. The van der Waals surface area contributed by atoms with Gasteiger partial charge < -0.3 is 14.8 Å². The van der Waals surface area contributed by atoms with E-state index in [0.29, 0.717) is 29.6 Å². The Hall–Kier alpha value is -3.92. The fraction of sp³-hybridized carbons (Fsp3) is 0.269. The van der Waals surface area contributed by atoms with Crippen LogP contribution in [0, 0.1) is 13.8 Å². The summed E-state index contributed by atoms with van der Waals surface area (Å²) in [5, 5.41) is 12.1. The second kappa shape index (κ2) is 11.7. The molecule has 9 nitrogen and oxygen atoms in total. The van der Waals surface area contributed by atoms with Gasteiger partial charge >= 0.3 is 0 Å². The number of nitrogens with one attached hydrogen (secondary N) is 1. The van der Waals surface area contributed by atoms with Crippen LogP contribution in [0.25, 0.3) is 5.69 Å². The first-order valence-corrected chi connectivity index (χ1v) is 12.4. The molecular weight excluding hydrogens is 476 g/mol. The Morgan fingerprint density at radius 1 is 1.00 bits per heavy atom. The quantitative estimate of drug-likeness (QED) is 0.256. The molecule has 2 aromatic heterocycles. The number of rotatable bonds is 10. The van der Waals surface area contributed by atoms with Gasteiger partial charge in [-0.25, -0.2) is 14.6 Å². The molecule has 0 saturated carbocycles. The summed E-state index contributed by atoms with van der Waals surface area (Å²) in [4.78, 5) is 22.2. The van der Waals surface area contributed by atoms with Gasteiger partial charge in [0.15, 0.2) is 10.9 Å². The molecule has 4 rings (SSSR count). The van der Waals surface area contributed by atoms with Crippen LogP contribution in [-0.2, 0) is 12.2 Å². The molecule has 0 spiro atoms. The highest BCUT2D eigenvalue weighted by atomic mass is 32.2. The van der Waals surface area contributed by atoms with Gasteiger partial charge in [0, 0.05) is 23.7 Å². The molecule has 4 aromatic rings. The number of hydrogen-bond donors (Lipinski definition) is 1. The number of aryl methyl sites for hydroxylation is 2. The molecule has 0 fully saturated rings. The van der Waals surface area contributed by atoms with Crippen LogP contribution in [-0.4, -0.2) is 51.6 Å². The van der Waals surface area contributed by atoms with Crippen LogP contribution in [0.15, 0.2) is 59.8 Å². The molecule has 0 radical (unpaired) electrons. The van der Waals surface area contributed by atoms with Gasteiger partial charge in [-0.2, -0.15) is 0 Å². The Bertz CT molecular complexity index is 1320.